The van der Waals surface area contributed by atoms with E-state index in [4.69, 9.17) is 9.84 Å². The molecule has 0 saturated carbocycles. The summed E-state index contributed by atoms with van der Waals surface area (Å²) in [6.07, 6.45) is 2.23. The van der Waals surface area contributed by atoms with E-state index >= 15 is 0 Å². The molecule has 1 aromatic rings. The van der Waals surface area contributed by atoms with E-state index in [0.29, 0.717) is 25.4 Å². The molecule has 0 amide bonds. The van der Waals surface area contributed by atoms with E-state index in [1.54, 1.807) is 13.2 Å². The van der Waals surface area contributed by atoms with Gasteiger partial charge in [0.1, 0.15) is 12.1 Å². The summed E-state index contributed by atoms with van der Waals surface area (Å²) in [7, 11) is 1.63. The van der Waals surface area contributed by atoms with Crippen molar-refractivity contribution in [3.8, 4) is 0 Å². The van der Waals surface area contributed by atoms with Gasteiger partial charge in [-0.25, -0.2) is 9.97 Å². The van der Waals surface area contributed by atoms with Gasteiger partial charge in [0, 0.05) is 31.8 Å². The van der Waals surface area contributed by atoms with Crippen LogP contribution in [0.2, 0.25) is 0 Å². The molecule has 2 N–H and O–H groups in total. The summed E-state index contributed by atoms with van der Waals surface area (Å²) in [5, 5.41) is 11.4. The van der Waals surface area contributed by atoms with Gasteiger partial charge < -0.3 is 15.2 Å². The molecule has 0 unspecified atom stereocenters. The summed E-state index contributed by atoms with van der Waals surface area (Å²) >= 11 is 0. The van der Waals surface area contributed by atoms with E-state index in [0.717, 1.165) is 5.69 Å². The summed E-state index contributed by atoms with van der Waals surface area (Å²) in [6, 6.07) is 1.79. The van der Waals surface area contributed by atoms with Crippen LogP contribution in [0.3, 0.4) is 0 Å². The fraction of sp³-hybridized carbons (Fsp3) is 0.500. The number of hydrogen-bond acceptors (Lipinski definition) is 5. The number of rotatable bonds is 7. The summed E-state index contributed by atoms with van der Waals surface area (Å²) in [6.45, 7) is 0.960. The normalized spacial score (nSPS) is 10.1. The quantitative estimate of drug-likeness (QED) is 0.705. The summed E-state index contributed by atoms with van der Waals surface area (Å²) in [5.74, 6) is -0.191. The Labute approximate surface area is 93.7 Å². The lowest BCUT2D eigenvalue weighted by Gasteiger charge is -2.05. The SMILES string of the molecule is COCCc1cc(NCCC(=O)O)ncn1. The van der Waals surface area contributed by atoms with Gasteiger partial charge in [-0.05, 0) is 0 Å². The lowest BCUT2D eigenvalue weighted by molar-refractivity contribution is -0.136. The molecule has 6 nitrogen and oxygen atoms in total. The Kier molecular flexibility index (Phi) is 5.21. The van der Waals surface area contributed by atoms with Crippen molar-refractivity contribution in [1.82, 2.24) is 9.97 Å². The van der Waals surface area contributed by atoms with Crippen molar-refractivity contribution in [3.63, 3.8) is 0 Å². The van der Waals surface area contributed by atoms with Crippen LogP contribution in [-0.2, 0) is 16.0 Å². The van der Waals surface area contributed by atoms with Crippen LogP contribution in [0.4, 0.5) is 5.82 Å². The first kappa shape index (κ1) is 12.4. The first-order chi connectivity index (χ1) is 7.72. The number of carbonyl (C=O) groups is 1. The molecule has 0 spiro atoms. The fourth-order valence-electron chi connectivity index (χ4n) is 1.14. The van der Waals surface area contributed by atoms with Gasteiger partial charge in [0.05, 0.1) is 13.0 Å². The Morgan fingerprint density at radius 1 is 1.56 bits per heavy atom. The van der Waals surface area contributed by atoms with E-state index in [9.17, 15) is 4.79 Å². The second kappa shape index (κ2) is 6.73. The predicted molar refractivity (Wildman–Crippen MR) is 58.4 cm³/mol. The topological polar surface area (TPSA) is 84.3 Å². The maximum absolute atomic E-state index is 10.3. The van der Waals surface area contributed by atoms with Crippen LogP contribution in [0.15, 0.2) is 12.4 Å². The second-order valence-electron chi connectivity index (χ2n) is 3.21. The Morgan fingerprint density at radius 2 is 2.38 bits per heavy atom. The molecule has 1 aromatic heterocycles. The number of hydrogen-bond donors (Lipinski definition) is 2. The molecule has 0 aliphatic rings. The van der Waals surface area contributed by atoms with E-state index in [1.165, 1.54) is 6.33 Å². The van der Waals surface area contributed by atoms with E-state index in [1.807, 2.05) is 0 Å². The number of aliphatic carboxylic acids is 1. The summed E-state index contributed by atoms with van der Waals surface area (Å²) < 4.78 is 4.94. The third-order valence-electron chi connectivity index (χ3n) is 1.93. The highest BCUT2D eigenvalue weighted by Gasteiger charge is 2.00. The maximum Gasteiger partial charge on any atom is 0.305 e. The summed E-state index contributed by atoms with van der Waals surface area (Å²) in [5.41, 5.74) is 0.870. The van der Waals surface area contributed by atoms with Crippen LogP contribution in [0, 0.1) is 0 Å². The molecule has 0 atom stereocenters. The largest absolute Gasteiger partial charge is 0.481 e. The molecule has 0 radical (unpaired) electrons. The smallest absolute Gasteiger partial charge is 0.305 e. The number of carboxylic acid groups (broad SMARTS) is 1. The van der Waals surface area contributed by atoms with Crippen molar-refractivity contribution in [2.45, 2.75) is 12.8 Å². The molecule has 0 bridgehead atoms. The highest BCUT2D eigenvalue weighted by atomic mass is 16.5. The number of carboxylic acids is 1. The van der Waals surface area contributed by atoms with Crippen molar-refractivity contribution in [2.24, 2.45) is 0 Å². The molecule has 16 heavy (non-hydrogen) atoms. The molecule has 0 aromatic carbocycles. The minimum absolute atomic E-state index is 0.0669. The Morgan fingerprint density at radius 3 is 3.06 bits per heavy atom. The van der Waals surface area contributed by atoms with Crippen LogP contribution >= 0.6 is 0 Å². The fourth-order valence-corrected chi connectivity index (χ4v) is 1.14. The number of anilines is 1. The number of ether oxygens (including phenoxy) is 1. The zero-order chi connectivity index (χ0) is 11.8. The van der Waals surface area contributed by atoms with E-state index < -0.39 is 5.97 Å². The minimum Gasteiger partial charge on any atom is -0.481 e. The number of aromatic nitrogens is 2. The van der Waals surface area contributed by atoms with Gasteiger partial charge in [0.25, 0.3) is 0 Å². The lowest BCUT2D eigenvalue weighted by Crippen LogP contribution is -2.09. The molecule has 1 heterocycles. The molecule has 6 heteroatoms. The number of nitrogens with one attached hydrogen (secondary N) is 1. The second-order valence-corrected chi connectivity index (χ2v) is 3.21. The molecular weight excluding hydrogens is 210 g/mol. The Bertz CT molecular complexity index is 344. The van der Waals surface area contributed by atoms with Crippen molar-refractivity contribution in [2.75, 3.05) is 25.6 Å². The predicted octanol–water partition coefficient (Wildman–Crippen LogP) is 0.552. The summed E-state index contributed by atoms with van der Waals surface area (Å²) in [4.78, 5) is 18.4. The third kappa shape index (κ3) is 4.70. The molecule has 0 aliphatic carbocycles. The van der Waals surface area contributed by atoms with Crippen molar-refractivity contribution >= 4 is 11.8 Å². The molecule has 0 aliphatic heterocycles. The molecule has 0 saturated heterocycles. The van der Waals surface area contributed by atoms with Crippen LogP contribution in [-0.4, -0.2) is 41.3 Å². The first-order valence-corrected chi connectivity index (χ1v) is 4.98. The maximum atomic E-state index is 10.3. The standard InChI is InChI=1S/C10H15N3O3/c1-16-5-3-8-6-9(13-7-12-8)11-4-2-10(14)15/h6-7H,2-5H2,1H3,(H,14,15)(H,11,12,13). The minimum atomic E-state index is -0.832. The molecule has 0 fully saturated rings. The Balaban J connectivity index is 2.43. The van der Waals surface area contributed by atoms with Crippen LogP contribution in [0.25, 0.3) is 0 Å². The van der Waals surface area contributed by atoms with Crippen LogP contribution in [0.5, 0.6) is 0 Å². The average molecular weight is 225 g/mol. The van der Waals surface area contributed by atoms with Crippen LogP contribution < -0.4 is 5.32 Å². The van der Waals surface area contributed by atoms with E-state index in [-0.39, 0.29) is 6.42 Å². The van der Waals surface area contributed by atoms with Gasteiger partial charge in [-0.3, -0.25) is 4.79 Å². The average Bonchev–Trinajstić information content (AvgIpc) is 2.26. The zero-order valence-electron chi connectivity index (χ0n) is 9.14. The number of methoxy groups -OCH3 is 1. The van der Waals surface area contributed by atoms with E-state index in [2.05, 4.69) is 15.3 Å². The van der Waals surface area contributed by atoms with Crippen molar-refractivity contribution in [3.05, 3.63) is 18.1 Å². The third-order valence-corrected chi connectivity index (χ3v) is 1.93. The Hall–Kier alpha value is -1.69. The number of nitrogens with zero attached hydrogens (tertiary/aromatic N) is 2. The van der Waals surface area contributed by atoms with Gasteiger partial charge >= 0.3 is 5.97 Å². The van der Waals surface area contributed by atoms with Crippen molar-refractivity contribution in [1.29, 1.82) is 0 Å². The van der Waals surface area contributed by atoms with Crippen molar-refractivity contribution < 1.29 is 14.6 Å². The first-order valence-electron chi connectivity index (χ1n) is 4.98. The zero-order valence-corrected chi connectivity index (χ0v) is 9.14. The van der Waals surface area contributed by atoms with Gasteiger partial charge in [0.2, 0.25) is 0 Å². The van der Waals surface area contributed by atoms with Crippen LogP contribution in [0.1, 0.15) is 12.1 Å². The monoisotopic (exact) mass is 225 g/mol. The van der Waals surface area contributed by atoms with Gasteiger partial charge in [-0.2, -0.15) is 0 Å². The molecule has 1 rings (SSSR count). The van der Waals surface area contributed by atoms with Gasteiger partial charge in [-0.15, -0.1) is 0 Å². The molecule has 88 valence electrons. The molecular formula is C10H15N3O3. The highest BCUT2D eigenvalue weighted by Crippen LogP contribution is 2.04. The van der Waals surface area contributed by atoms with Gasteiger partial charge in [-0.1, -0.05) is 0 Å². The van der Waals surface area contributed by atoms with Gasteiger partial charge in [0.15, 0.2) is 0 Å². The lowest BCUT2D eigenvalue weighted by atomic mass is 10.3. The highest BCUT2D eigenvalue weighted by molar-refractivity contribution is 5.67.